The first kappa shape index (κ1) is 18.9. The van der Waals surface area contributed by atoms with E-state index in [-0.39, 0.29) is 39.4 Å². The second kappa shape index (κ2) is 7.64. The van der Waals surface area contributed by atoms with Gasteiger partial charge in [-0.05, 0) is 34.1 Å². The molecule has 1 amide bonds. The Hall–Kier alpha value is -2.42. The van der Waals surface area contributed by atoms with Crippen LogP contribution in [0.3, 0.4) is 0 Å². The third kappa shape index (κ3) is 5.02. The van der Waals surface area contributed by atoms with Crippen molar-refractivity contribution in [2.75, 3.05) is 7.11 Å². The summed E-state index contributed by atoms with van der Waals surface area (Å²) < 4.78 is 46.3. The van der Waals surface area contributed by atoms with E-state index in [2.05, 4.69) is 26.0 Å². The van der Waals surface area contributed by atoms with Crippen LogP contribution in [0.2, 0.25) is 0 Å². The zero-order valence-corrected chi connectivity index (χ0v) is 14.4. The predicted octanol–water partition coefficient (Wildman–Crippen LogP) is 3.99. The third-order valence-corrected chi connectivity index (χ3v) is 3.75. The quantitative estimate of drug-likeness (QED) is 0.768. The van der Waals surface area contributed by atoms with Crippen molar-refractivity contribution in [2.24, 2.45) is 0 Å². The number of phenolic OH excluding ortho intramolecular Hbond substituents is 1. The van der Waals surface area contributed by atoms with E-state index in [9.17, 15) is 23.1 Å². The van der Waals surface area contributed by atoms with Gasteiger partial charge in [-0.1, -0.05) is 18.2 Å². The lowest BCUT2D eigenvalue weighted by molar-refractivity contribution is -0.274. The van der Waals surface area contributed by atoms with Crippen LogP contribution >= 0.6 is 15.9 Å². The molecular formula is C16H13BrF3NO4. The molecule has 5 nitrogen and oxygen atoms in total. The van der Waals surface area contributed by atoms with Gasteiger partial charge in [0.2, 0.25) is 0 Å². The van der Waals surface area contributed by atoms with Gasteiger partial charge in [-0.15, -0.1) is 13.2 Å². The van der Waals surface area contributed by atoms with Crippen molar-refractivity contribution in [1.29, 1.82) is 0 Å². The maximum absolute atomic E-state index is 12.4. The lowest BCUT2D eigenvalue weighted by Crippen LogP contribution is -2.24. The van der Waals surface area contributed by atoms with E-state index in [4.69, 9.17) is 4.74 Å². The van der Waals surface area contributed by atoms with E-state index in [1.165, 1.54) is 37.4 Å². The zero-order chi connectivity index (χ0) is 18.6. The van der Waals surface area contributed by atoms with Crippen LogP contribution in [0.5, 0.6) is 17.2 Å². The third-order valence-electron chi connectivity index (χ3n) is 3.15. The van der Waals surface area contributed by atoms with Gasteiger partial charge in [0.05, 0.1) is 11.6 Å². The molecule has 2 aromatic rings. The van der Waals surface area contributed by atoms with E-state index in [0.29, 0.717) is 0 Å². The molecular weight excluding hydrogens is 407 g/mol. The minimum absolute atomic E-state index is 0.0836. The van der Waals surface area contributed by atoms with Gasteiger partial charge >= 0.3 is 6.36 Å². The molecule has 0 atom stereocenters. The van der Waals surface area contributed by atoms with Gasteiger partial charge in [0, 0.05) is 17.7 Å². The molecule has 0 saturated heterocycles. The number of ether oxygens (including phenoxy) is 2. The highest BCUT2D eigenvalue weighted by Gasteiger charge is 2.32. The molecule has 2 N–H and O–H groups in total. The van der Waals surface area contributed by atoms with Gasteiger partial charge in [-0.25, -0.2) is 0 Å². The van der Waals surface area contributed by atoms with Crippen molar-refractivity contribution in [3.05, 3.63) is 52.0 Å². The molecule has 0 aliphatic rings. The SMILES string of the molecule is COc1cc(C(=O)NCc2ccccc2OC(F)(F)F)cc(Br)c1O. The normalized spacial score (nSPS) is 11.1. The molecule has 2 aromatic carbocycles. The summed E-state index contributed by atoms with van der Waals surface area (Å²) in [6, 6.07) is 8.18. The maximum atomic E-state index is 12.4. The molecule has 25 heavy (non-hydrogen) atoms. The minimum Gasteiger partial charge on any atom is -0.503 e. The van der Waals surface area contributed by atoms with Gasteiger partial charge in [0.1, 0.15) is 5.75 Å². The van der Waals surface area contributed by atoms with Crippen LogP contribution in [-0.4, -0.2) is 24.5 Å². The van der Waals surface area contributed by atoms with Gasteiger partial charge in [-0.3, -0.25) is 4.79 Å². The van der Waals surface area contributed by atoms with Crippen LogP contribution in [0.25, 0.3) is 0 Å². The Morgan fingerprint density at radius 3 is 2.56 bits per heavy atom. The Balaban J connectivity index is 2.15. The fraction of sp³-hybridized carbons (Fsp3) is 0.188. The first-order valence-corrected chi connectivity index (χ1v) is 7.69. The summed E-state index contributed by atoms with van der Waals surface area (Å²) in [5.41, 5.74) is 0.328. The zero-order valence-electron chi connectivity index (χ0n) is 12.9. The lowest BCUT2D eigenvalue weighted by atomic mass is 10.1. The second-order valence-electron chi connectivity index (χ2n) is 4.85. The van der Waals surface area contributed by atoms with Gasteiger partial charge in [0.25, 0.3) is 5.91 Å². The van der Waals surface area contributed by atoms with Crippen molar-refractivity contribution in [1.82, 2.24) is 5.32 Å². The average Bonchev–Trinajstić information content (AvgIpc) is 2.54. The molecule has 0 radical (unpaired) electrons. The number of rotatable bonds is 5. The standard InChI is InChI=1S/C16H13BrF3NO4/c1-24-13-7-10(6-11(17)14(13)22)15(23)21-8-9-4-2-3-5-12(9)25-16(18,19)20/h2-7,22H,8H2,1H3,(H,21,23). The van der Waals surface area contributed by atoms with Crippen LogP contribution in [-0.2, 0) is 6.54 Å². The van der Waals surface area contributed by atoms with Crippen molar-refractivity contribution in [3.63, 3.8) is 0 Å². The Labute approximate surface area is 149 Å². The van der Waals surface area contributed by atoms with E-state index in [0.717, 1.165) is 6.07 Å². The lowest BCUT2D eigenvalue weighted by Gasteiger charge is -2.14. The summed E-state index contributed by atoms with van der Waals surface area (Å²) in [5.74, 6) is -1.02. The Morgan fingerprint density at radius 1 is 1.24 bits per heavy atom. The second-order valence-corrected chi connectivity index (χ2v) is 5.70. The minimum atomic E-state index is -4.82. The fourth-order valence-electron chi connectivity index (χ4n) is 2.01. The fourth-order valence-corrected chi connectivity index (χ4v) is 2.45. The number of hydrogen-bond acceptors (Lipinski definition) is 4. The molecule has 0 aliphatic carbocycles. The van der Waals surface area contributed by atoms with Crippen LogP contribution in [0.4, 0.5) is 13.2 Å². The summed E-state index contributed by atoms with van der Waals surface area (Å²) in [6.07, 6.45) is -4.82. The number of benzene rings is 2. The maximum Gasteiger partial charge on any atom is 0.573 e. The molecule has 0 spiro atoms. The van der Waals surface area contributed by atoms with E-state index in [1.54, 1.807) is 0 Å². The number of hydrogen-bond donors (Lipinski definition) is 2. The number of para-hydroxylation sites is 1. The van der Waals surface area contributed by atoms with Crippen molar-refractivity contribution in [2.45, 2.75) is 12.9 Å². The number of nitrogens with one attached hydrogen (secondary N) is 1. The molecule has 0 aliphatic heterocycles. The Kier molecular flexibility index (Phi) is 5.78. The van der Waals surface area contributed by atoms with Crippen LogP contribution in [0.1, 0.15) is 15.9 Å². The first-order chi connectivity index (χ1) is 11.7. The van der Waals surface area contributed by atoms with Crippen LogP contribution < -0.4 is 14.8 Å². The first-order valence-electron chi connectivity index (χ1n) is 6.89. The highest BCUT2D eigenvalue weighted by molar-refractivity contribution is 9.10. The monoisotopic (exact) mass is 419 g/mol. The highest BCUT2D eigenvalue weighted by atomic mass is 79.9. The predicted molar refractivity (Wildman–Crippen MR) is 86.7 cm³/mol. The number of aromatic hydroxyl groups is 1. The van der Waals surface area contributed by atoms with Crippen molar-refractivity contribution in [3.8, 4) is 17.2 Å². The Bertz CT molecular complexity index is 780. The van der Waals surface area contributed by atoms with E-state index >= 15 is 0 Å². The summed E-state index contributed by atoms with van der Waals surface area (Å²) >= 11 is 3.09. The Morgan fingerprint density at radius 2 is 1.92 bits per heavy atom. The van der Waals surface area contributed by atoms with E-state index in [1.807, 2.05) is 0 Å². The van der Waals surface area contributed by atoms with Crippen molar-refractivity contribution < 1.29 is 32.5 Å². The molecule has 0 fully saturated rings. The number of halogens is 4. The highest BCUT2D eigenvalue weighted by Crippen LogP contribution is 2.35. The topological polar surface area (TPSA) is 67.8 Å². The molecule has 0 bridgehead atoms. The number of carbonyl (C=O) groups is 1. The van der Waals surface area contributed by atoms with Crippen molar-refractivity contribution >= 4 is 21.8 Å². The summed E-state index contributed by atoms with van der Waals surface area (Å²) in [7, 11) is 1.33. The largest absolute Gasteiger partial charge is 0.573 e. The molecule has 0 heterocycles. The number of phenols is 1. The smallest absolute Gasteiger partial charge is 0.503 e. The molecule has 0 aromatic heterocycles. The number of amides is 1. The molecule has 0 saturated carbocycles. The van der Waals surface area contributed by atoms with Gasteiger partial charge in [-0.2, -0.15) is 0 Å². The molecule has 134 valence electrons. The van der Waals surface area contributed by atoms with Crippen LogP contribution in [0.15, 0.2) is 40.9 Å². The van der Waals surface area contributed by atoms with Crippen LogP contribution in [0, 0.1) is 0 Å². The van der Waals surface area contributed by atoms with Gasteiger partial charge in [0.15, 0.2) is 11.5 Å². The number of carbonyl (C=O) groups excluding carboxylic acids is 1. The molecule has 2 rings (SSSR count). The van der Waals surface area contributed by atoms with E-state index < -0.39 is 12.3 Å². The summed E-state index contributed by atoms with van der Waals surface area (Å²) in [6.45, 7) is -0.175. The summed E-state index contributed by atoms with van der Waals surface area (Å²) in [4.78, 5) is 12.2. The van der Waals surface area contributed by atoms with Gasteiger partial charge < -0.3 is 19.9 Å². The number of methoxy groups -OCH3 is 1. The number of alkyl halides is 3. The molecule has 0 unspecified atom stereocenters. The summed E-state index contributed by atoms with van der Waals surface area (Å²) in [5, 5.41) is 12.2. The average molecular weight is 420 g/mol. The molecule has 9 heteroatoms.